The average molecular weight is 1090 g/mol. The molecule has 0 saturated heterocycles. The highest BCUT2D eigenvalue weighted by atomic mass is 33.1. The number of nitrogens with zero attached hydrogens (tertiary/aromatic N) is 12. The third-order valence-electron chi connectivity index (χ3n) is 15.3. The first kappa shape index (κ1) is 45.1. The molecule has 0 unspecified atom stereocenters. The van der Waals surface area contributed by atoms with E-state index in [4.69, 9.17) is 59.8 Å². The van der Waals surface area contributed by atoms with Crippen LogP contribution in [0.15, 0.2) is 192 Å². The van der Waals surface area contributed by atoms with Crippen molar-refractivity contribution < 1.29 is 0 Å². The Balaban J connectivity index is 0.861. The fourth-order valence-electron chi connectivity index (χ4n) is 11.5. The molecular weight excluding hydrogens is 1060 g/mol. The van der Waals surface area contributed by atoms with Gasteiger partial charge in [0.2, 0.25) is 0 Å². The zero-order valence-corrected chi connectivity index (χ0v) is 44.1. The highest BCUT2D eigenvalue weighted by molar-refractivity contribution is 8.76. The third-order valence-corrected chi connectivity index (χ3v) is 17.8. The number of H-pyrrole nitrogens is 4. The zero-order chi connectivity index (χ0) is 53.6. The lowest BCUT2D eigenvalue weighted by molar-refractivity contribution is 1.19. The maximum absolute atomic E-state index is 5.39. The Labute approximate surface area is 469 Å². The van der Waals surface area contributed by atoms with Crippen molar-refractivity contribution in [2.45, 2.75) is 9.79 Å². The summed E-state index contributed by atoms with van der Waals surface area (Å²) in [5.74, 6) is 4.27. The monoisotopic (exact) mass is 1090 g/mol. The molecule has 8 aromatic carbocycles. The van der Waals surface area contributed by atoms with Gasteiger partial charge in [-0.15, -0.1) is 0 Å². The summed E-state index contributed by atoms with van der Waals surface area (Å²) in [5.41, 5.74) is 11.9. The van der Waals surface area contributed by atoms with E-state index in [0.717, 1.165) is 97.4 Å². The van der Waals surface area contributed by atoms with Crippen LogP contribution in [0.3, 0.4) is 0 Å². The SMILES string of the molecule is c1ccc2c(c1)-c1nc-2nc2[nH]c(nc3nc(nc4[nH]c(n1)c1ccccc41)-c1ccccc1-3)c1c(SSc3cccc4c5nc6nc(nc7[nH]c(nc8nc(nc([nH]5)c34)-c3ccccc3-8)c3ccccc73)-c3ccccc3-6)cccc21. The van der Waals surface area contributed by atoms with Crippen LogP contribution >= 0.6 is 21.6 Å². The van der Waals surface area contributed by atoms with Gasteiger partial charge in [0, 0.05) is 97.4 Å². The third kappa shape index (κ3) is 6.88. The van der Waals surface area contributed by atoms with Gasteiger partial charge in [0.25, 0.3) is 0 Å². The van der Waals surface area contributed by atoms with E-state index in [9.17, 15) is 0 Å². The lowest BCUT2D eigenvalue weighted by Gasteiger charge is -2.05. The van der Waals surface area contributed by atoms with Crippen molar-refractivity contribution in [1.29, 1.82) is 0 Å². The minimum atomic E-state index is 0.521. The molecule has 4 aliphatic rings. The second-order valence-electron chi connectivity index (χ2n) is 20.0. The zero-order valence-electron chi connectivity index (χ0n) is 42.5. The summed E-state index contributed by atoms with van der Waals surface area (Å²) in [4.78, 5) is 78.9. The molecule has 18 heteroatoms. The molecule has 14 aromatic rings. The van der Waals surface area contributed by atoms with Crippen LogP contribution in [0.4, 0.5) is 0 Å². The maximum atomic E-state index is 5.39. The van der Waals surface area contributed by atoms with Gasteiger partial charge in [0.05, 0.1) is 0 Å². The molecule has 0 atom stereocenters. The molecule has 4 N–H and O–H groups in total. The predicted octanol–water partition coefficient (Wildman–Crippen LogP) is 14.9. The van der Waals surface area contributed by atoms with Gasteiger partial charge >= 0.3 is 0 Å². The van der Waals surface area contributed by atoms with Crippen LogP contribution in [0.1, 0.15) is 0 Å². The van der Waals surface area contributed by atoms with Gasteiger partial charge in [0.1, 0.15) is 45.2 Å². The Hall–Kier alpha value is -10.8. The van der Waals surface area contributed by atoms with Crippen LogP contribution in [-0.4, -0.2) is 79.7 Å². The van der Waals surface area contributed by atoms with Crippen molar-refractivity contribution in [2.24, 2.45) is 0 Å². The fourth-order valence-corrected chi connectivity index (χ4v) is 13.9. The first-order valence-electron chi connectivity index (χ1n) is 26.4. The number of benzene rings is 8. The summed E-state index contributed by atoms with van der Waals surface area (Å²) in [6, 6.07) is 60.9. The second-order valence-corrected chi connectivity index (χ2v) is 22.2. The summed E-state index contributed by atoms with van der Waals surface area (Å²) < 4.78 is 0. The van der Waals surface area contributed by atoms with Crippen molar-refractivity contribution in [3.8, 4) is 91.1 Å². The molecule has 18 rings (SSSR count). The lowest BCUT2D eigenvalue weighted by Crippen LogP contribution is -1.83. The summed E-state index contributed by atoms with van der Waals surface area (Å²) in [6.07, 6.45) is 0. The quantitative estimate of drug-likeness (QED) is 0.121. The van der Waals surface area contributed by atoms with Gasteiger partial charge in [-0.25, -0.2) is 59.8 Å². The van der Waals surface area contributed by atoms with Gasteiger partial charge in [0.15, 0.2) is 46.6 Å². The molecule has 4 aliphatic heterocycles. The number of hydrogen-bond donors (Lipinski definition) is 4. The number of rotatable bonds is 3. The highest BCUT2D eigenvalue weighted by Crippen LogP contribution is 2.47. The molecule has 10 heterocycles. The van der Waals surface area contributed by atoms with Crippen molar-refractivity contribution >= 4 is 110 Å². The van der Waals surface area contributed by atoms with Gasteiger partial charge in [-0.05, 0) is 12.1 Å². The Morgan fingerprint density at radius 3 is 0.671 bits per heavy atom. The van der Waals surface area contributed by atoms with E-state index < -0.39 is 0 Å². The summed E-state index contributed by atoms with van der Waals surface area (Å²) >= 11 is 0. The van der Waals surface area contributed by atoms with Crippen LogP contribution in [0.25, 0.3) is 179 Å². The standard InChI is InChI=1S/C64H34N16S2/c1-3-17-33-31(15-1)49-65-51(33)69-55-39-23-9-11-25-41(39)59(73-55)77-63-47-43(61(79-63)75-57-37-21-7-5-19-35(37)53(67-49)71-57)27-13-29-45(47)81-82-46-30-14-28-44-48(46)64-78-60-42-26-12-10-24-40(42)56(74-60)70-52-34-18-4-2-16-32(34)50(66-52)68-54-36-20-6-8-22-38(36)58(72-54)76-62(44)80-64/h1-30H,(H2,65,67,69,71,73,75,77,79)(H2,66,68,70,72,74,76,78,80). The summed E-state index contributed by atoms with van der Waals surface area (Å²) in [6.45, 7) is 0. The van der Waals surface area contributed by atoms with Crippen LogP contribution in [0, 0.1) is 0 Å². The number of nitrogens with one attached hydrogen (secondary N) is 4. The van der Waals surface area contributed by atoms with E-state index in [1.165, 1.54) is 0 Å². The van der Waals surface area contributed by atoms with E-state index in [1.54, 1.807) is 21.6 Å². The normalized spacial score (nSPS) is 12.2. The molecule has 16 nitrogen and oxygen atoms in total. The number of hydrogen-bond acceptors (Lipinski definition) is 14. The number of aromatic nitrogens is 16. The van der Waals surface area contributed by atoms with Crippen molar-refractivity contribution in [3.63, 3.8) is 0 Å². The molecule has 0 radical (unpaired) electrons. The van der Waals surface area contributed by atoms with E-state index in [1.807, 2.05) is 146 Å². The summed E-state index contributed by atoms with van der Waals surface area (Å²) in [5, 5.41) is 7.12. The van der Waals surface area contributed by atoms with Crippen LogP contribution in [-0.2, 0) is 0 Å². The van der Waals surface area contributed by atoms with Crippen LogP contribution in [0.5, 0.6) is 0 Å². The minimum absolute atomic E-state index is 0.521. The number of aromatic amines is 4. The molecule has 82 heavy (non-hydrogen) atoms. The van der Waals surface area contributed by atoms with Crippen molar-refractivity contribution in [3.05, 3.63) is 182 Å². The minimum Gasteiger partial charge on any atom is -0.324 e. The molecule has 0 fully saturated rings. The fraction of sp³-hybridized carbons (Fsp3) is 0. The highest BCUT2D eigenvalue weighted by Gasteiger charge is 2.26. The van der Waals surface area contributed by atoms with E-state index in [0.29, 0.717) is 91.8 Å². The van der Waals surface area contributed by atoms with Crippen LogP contribution < -0.4 is 0 Å². The smallest absolute Gasteiger partial charge is 0.164 e. The molecule has 0 saturated carbocycles. The summed E-state index contributed by atoms with van der Waals surface area (Å²) in [7, 11) is 3.23. The molecule has 16 bridgehead atoms. The van der Waals surface area contributed by atoms with E-state index in [2.05, 4.69) is 56.3 Å². The van der Waals surface area contributed by atoms with Gasteiger partial charge in [-0.2, -0.15) is 0 Å². The Kier molecular flexibility index (Phi) is 9.53. The second kappa shape index (κ2) is 17.3. The Bertz CT molecular complexity index is 5180. The maximum Gasteiger partial charge on any atom is 0.164 e. The van der Waals surface area contributed by atoms with Gasteiger partial charge in [-0.1, -0.05) is 191 Å². The Morgan fingerprint density at radius 2 is 0.402 bits per heavy atom. The molecule has 0 aliphatic carbocycles. The lowest BCUT2D eigenvalue weighted by atomic mass is 10.1. The Morgan fingerprint density at radius 1 is 0.195 bits per heavy atom. The van der Waals surface area contributed by atoms with Crippen LogP contribution in [0.2, 0.25) is 0 Å². The van der Waals surface area contributed by atoms with Gasteiger partial charge < -0.3 is 19.9 Å². The predicted molar refractivity (Wildman–Crippen MR) is 324 cm³/mol. The first-order chi connectivity index (χ1) is 40.6. The molecule has 382 valence electrons. The largest absolute Gasteiger partial charge is 0.324 e. The van der Waals surface area contributed by atoms with E-state index in [-0.39, 0.29) is 0 Å². The molecule has 6 aromatic heterocycles. The van der Waals surface area contributed by atoms with E-state index >= 15 is 0 Å². The average Bonchev–Trinajstić information content (AvgIpc) is 4.56. The molecular formula is C64H34N16S2. The topological polar surface area (TPSA) is 218 Å². The molecule has 0 spiro atoms. The van der Waals surface area contributed by atoms with Crippen molar-refractivity contribution in [1.82, 2.24) is 79.7 Å². The first-order valence-corrected chi connectivity index (χ1v) is 28.5. The number of fused-ring (bicyclic) bond motifs is 40. The van der Waals surface area contributed by atoms with Crippen molar-refractivity contribution in [2.75, 3.05) is 0 Å². The van der Waals surface area contributed by atoms with Gasteiger partial charge in [-0.3, -0.25) is 0 Å². The molecule has 0 amide bonds.